The van der Waals surface area contributed by atoms with Gasteiger partial charge in [0.05, 0.1) is 20.8 Å². The molecule has 0 saturated carbocycles. The average molecular weight is 389 g/mol. The summed E-state index contributed by atoms with van der Waals surface area (Å²) in [5.41, 5.74) is -1.22. The highest BCUT2D eigenvalue weighted by molar-refractivity contribution is 6.34. The highest BCUT2D eigenvalue weighted by atomic mass is 35.5. The van der Waals surface area contributed by atoms with Crippen LogP contribution in [0, 0.1) is 0 Å². The first-order valence-corrected chi connectivity index (χ1v) is 7.84. The number of methoxy groups -OCH3 is 2. The first-order chi connectivity index (χ1) is 11.9. The van der Waals surface area contributed by atoms with E-state index in [1.165, 1.54) is 14.2 Å². The number of carboxylic acid groups (broad SMARTS) is 1. The van der Waals surface area contributed by atoms with Crippen LogP contribution < -0.4 is 14.8 Å². The largest absolute Gasteiger partial charge is 0.497 e. The number of nitrogens with one attached hydrogen (secondary N) is 1. The number of rotatable bonds is 6. The van der Waals surface area contributed by atoms with Crippen LogP contribution in [0.2, 0.25) is 0 Å². The predicted molar refractivity (Wildman–Crippen MR) is 93.2 cm³/mol. The van der Waals surface area contributed by atoms with Gasteiger partial charge in [-0.1, -0.05) is 23.2 Å². The summed E-state index contributed by atoms with van der Waals surface area (Å²) in [6.45, 7) is 0.148. The molecule has 0 aromatic heterocycles. The highest BCUT2D eigenvalue weighted by Crippen LogP contribution is 2.29. The molecule has 1 aliphatic rings. The molecule has 1 heterocycles. The summed E-state index contributed by atoms with van der Waals surface area (Å²) >= 11 is 11.6. The monoisotopic (exact) mass is 388 g/mol. The smallest absolute Gasteiger partial charge is 0.339 e. The first kappa shape index (κ1) is 19.1. The Morgan fingerprint density at radius 1 is 1.36 bits per heavy atom. The van der Waals surface area contributed by atoms with Crippen LogP contribution in [0.15, 0.2) is 45.3 Å². The maximum Gasteiger partial charge on any atom is 0.339 e. The van der Waals surface area contributed by atoms with Crippen LogP contribution in [0.3, 0.4) is 0 Å². The van der Waals surface area contributed by atoms with Crippen molar-refractivity contribution in [1.82, 2.24) is 5.32 Å². The maximum atomic E-state index is 14.2. The van der Waals surface area contributed by atoms with Crippen LogP contribution in [0.25, 0.3) is 0 Å². The van der Waals surface area contributed by atoms with Crippen molar-refractivity contribution in [3.63, 3.8) is 0 Å². The zero-order chi connectivity index (χ0) is 18.6. The van der Waals surface area contributed by atoms with E-state index in [1.807, 2.05) is 0 Å². The molecule has 1 aromatic rings. The van der Waals surface area contributed by atoms with Crippen molar-refractivity contribution in [3.8, 4) is 11.5 Å². The molecular formula is C16H15Cl2FN2O4. The van der Waals surface area contributed by atoms with Gasteiger partial charge in [0.1, 0.15) is 28.1 Å². The van der Waals surface area contributed by atoms with Gasteiger partial charge in [0, 0.05) is 17.9 Å². The van der Waals surface area contributed by atoms with E-state index in [2.05, 4.69) is 10.3 Å². The molecule has 0 spiro atoms. The van der Waals surface area contributed by atoms with Crippen molar-refractivity contribution in [2.75, 3.05) is 14.2 Å². The summed E-state index contributed by atoms with van der Waals surface area (Å²) in [4.78, 5) is 15.4. The summed E-state index contributed by atoms with van der Waals surface area (Å²) in [6, 6.07) is 5.17. The van der Waals surface area contributed by atoms with Crippen molar-refractivity contribution in [2.45, 2.75) is 12.0 Å². The van der Waals surface area contributed by atoms with E-state index >= 15 is 0 Å². The van der Waals surface area contributed by atoms with Crippen LogP contribution >= 0.6 is 23.2 Å². The molecule has 2 rings (SSSR count). The number of hydrogen-bond donors (Lipinski definition) is 2. The van der Waals surface area contributed by atoms with Crippen LogP contribution in [-0.4, -0.2) is 37.0 Å². The van der Waals surface area contributed by atoms with Gasteiger partial charge in [-0.3, -0.25) is 4.99 Å². The van der Waals surface area contributed by atoms with Crippen LogP contribution in [0.5, 0.6) is 11.5 Å². The number of nitrogens with zero attached hydrogens (tertiary/aromatic N) is 1. The SMILES string of the molecule is COc1cc(C/N=C\C2=C(F)C(Cl)NC(Cl)=C2C(=O)O)cc(OC)c1. The molecule has 134 valence electrons. The van der Waals surface area contributed by atoms with E-state index < -0.39 is 22.9 Å². The molecule has 0 bridgehead atoms. The zero-order valence-electron chi connectivity index (χ0n) is 13.3. The normalized spacial score (nSPS) is 17.7. The summed E-state index contributed by atoms with van der Waals surface area (Å²) in [6.07, 6.45) is 1.10. The second-order valence-electron chi connectivity index (χ2n) is 4.95. The lowest BCUT2D eigenvalue weighted by Crippen LogP contribution is -2.30. The molecule has 25 heavy (non-hydrogen) atoms. The number of dihydropyridines is 1. The van der Waals surface area contributed by atoms with Crippen molar-refractivity contribution in [1.29, 1.82) is 0 Å². The van der Waals surface area contributed by atoms with E-state index in [0.717, 1.165) is 11.8 Å². The second-order valence-corrected chi connectivity index (χ2v) is 5.77. The van der Waals surface area contributed by atoms with Gasteiger partial charge in [0.2, 0.25) is 0 Å². The summed E-state index contributed by atoms with van der Waals surface area (Å²) in [7, 11) is 3.03. The Kier molecular flexibility index (Phi) is 6.27. The Morgan fingerprint density at radius 3 is 2.48 bits per heavy atom. The third-order valence-corrected chi connectivity index (χ3v) is 3.94. The van der Waals surface area contributed by atoms with E-state index in [9.17, 15) is 14.3 Å². The van der Waals surface area contributed by atoms with Crippen molar-refractivity contribution in [3.05, 3.63) is 45.9 Å². The van der Waals surface area contributed by atoms with E-state index in [0.29, 0.717) is 11.5 Å². The molecule has 6 nitrogen and oxygen atoms in total. The number of alkyl halides is 1. The molecule has 0 aliphatic carbocycles. The Bertz CT molecular complexity index is 755. The lowest BCUT2D eigenvalue weighted by Gasteiger charge is -2.20. The van der Waals surface area contributed by atoms with Crippen LogP contribution in [0.4, 0.5) is 4.39 Å². The Morgan fingerprint density at radius 2 is 1.96 bits per heavy atom. The van der Waals surface area contributed by atoms with E-state index in [1.54, 1.807) is 18.2 Å². The summed E-state index contributed by atoms with van der Waals surface area (Å²) < 4.78 is 24.5. The fourth-order valence-corrected chi connectivity index (χ4v) is 2.73. The number of carboxylic acids is 1. The number of aliphatic imine (C=N–C) groups is 1. The summed E-state index contributed by atoms with van der Waals surface area (Å²) in [5.74, 6) is -1.10. The quantitative estimate of drug-likeness (QED) is 0.444. The Balaban J connectivity index is 2.28. The molecule has 9 heteroatoms. The number of carbonyl (C=O) groups is 1. The predicted octanol–water partition coefficient (Wildman–Crippen LogP) is 3.20. The fourth-order valence-electron chi connectivity index (χ4n) is 2.16. The number of benzene rings is 1. The molecule has 2 N–H and O–H groups in total. The van der Waals surface area contributed by atoms with Gasteiger partial charge < -0.3 is 19.9 Å². The molecule has 1 aliphatic heterocycles. The molecule has 1 unspecified atom stereocenters. The maximum absolute atomic E-state index is 14.2. The van der Waals surface area contributed by atoms with Gasteiger partial charge in [-0.25, -0.2) is 9.18 Å². The third-order valence-electron chi connectivity index (χ3n) is 3.34. The highest BCUT2D eigenvalue weighted by Gasteiger charge is 2.30. The van der Waals surface area contributed by atoms with Gasteiger partial charge >= 0.3 is 5.97 Å². The molecule has 0 fully saturated rings. The number of halogens is 3. The lowest BCUT2D eigenvalue weighted by molar-refractivity contribution is -0.132. The molecule has 0 radical (unpaired) electrons. The fraction of sp³-hybridized carbons (Fsp3) is 0.250. The topological polar surface area (TPSA) is 80.2 Å². The average Bonchev–Trinajstić information content (AvgIpc) is 2.58. The van der Waals surface area contributed by atoms with Crippen molar-refractivity contribution < 1.29 is 23.8 Å². The molecular weight excluding hydrogens is 374 g/mol. The summed E-state index contributed by atoms with van der Waals surface area (Å²) in [5, 5.41) is 11.3. The van der Waals surface area contributed by atoms with E-state index in [-0.39, 0.29) is 17.3 Å². The van der Waals surface area contributed by atoms with Crippen molar-refractivity contribution >= 4 is 35.4 Å². The van der Waals surface area contributed by atoms with Gasteiger partial charge in [-0.2, -0.15) is 0 Å². The molecule has 0 saturated heterocycles. The van der Waals surface area contributed by atoms with Gasteiger partial charge in [0.25, 0.3) is 0 Å². The minimum Gasteiger partial charge on any atom is -0.497 e. The number of ether oxygens (including phenoxy) is 2. The minimum absolute atomic E-state index is 0.148. The van der Waals surface area contributed by atoms with Gasteiger partial charge in [0.15, 0.2) is 5.50 Å². The Labute approximate surface area is 153 Å². The number of aliphatic carboxylic acids is 1. The number of hydrogen-bond acceptors (Lipinski definition) is 5. The molecule has 1 aromatic carbocycles. The lowest BCUT2D eigenvalue weighted by atomic mass is 10.0. The first-order valence-electron chi connectivity index (χ1n) is 7.02. The van der Waals surface area contributed by atoms with Crippen molar-refractivity contribution in [2.24, 2.45) is 4.99 Å². The Hall–Kier alpha value is -2.25. The minimum atomic E-state index is -1.39. The molecule has 1 atom stereocenters. The van der Waals surface area contributed by atoms with E-state index in [4.69, 9.17) is 32.7 Å². The second kappa shape index (κ2) is 8.22. The zero-order valence-corrected chi connectivity index (χ0v) is 14.9. The molecule has 0 amide bonds. The third kappa shape index (κ3) is 4.43. The van der Waals surface area contributed by atoms with Crippen LogP contribution in [0.1, 0.15) is 5.56 Å². The van der Waals surface area contributed by atoms with Gasteiger partial charge in [-0.05, 0) is 17.7 Å². The van der Waals surface area contributed by atoms with Gasteiger partial charge in [-0.15, -0.1) is 0 Å². The van der Waals surface area contributed by atoms with Crippen LogP contribution in [-0.2, 0) is 11.3 Å². The standard InChI is InChI=1S/C16H15Cl2FN2O4/c1-24-9-3-8(4-10(5-9)25-2)6-20-7-11-12(16(22)23)14(17)21-15(18)13(11)19/h3-5,7,15,21H,6H2,1-2H3,(H,22,23)/b20-7-.